The van der Waals surface area contributed by atoms with Gasteiger partial charge in [0.15, 0.2) is 0 Å². The van der Waals surface area contributed by atoms with Gasteiger partial charge in [-0.1, -0.05) is 38.8 Å². The number of piperazine rings is 1. The summed E-state index contributed by atoms with van der Waals surface area (Å²) < 4.78 is 47.2. The molecule has 7 nitrogen and oxygen atoms in total. The fourth-order valence-corrected chi connectivity index (χ4v) is 5.58. The number of anilines is 1. The zero-order chi connectivity index (χ0) is 26.1. The zero-order valence-electron chi connectivity index (χ0n) is 21.5. The number of hydrogen-bond donors (Lipinski definition) is 1. The van der Waals surface area contributed by atoms with Gasteiger partial charge in [0.2, 0.25) is 15.9 Å². The topological polar surface area (TPSA) is 79.0 Å². The lowest BCUT2D eigenvalue weighted by atomic mass is 9.97. The van der Waals surface area contributed by atoms with Gasteiger partial charge in [-0.3, -0.25) is 4.79 Å². The zero-order valence-corrected chi connectivity index (χ0v) is 22.3. The van der Waals surface area contributed by atoms with Crippen molar-refractivity contribution in [1.82, 2.24) is 9.62 Å². The molecule has 0 aliphatic carbocycles. The Labute approximate surface area is 214 Å². The third kappa shape index (κ3) is 7.20. The highest BCUT2D eigenvalue weighted by molar-refractivity contribution is 7.89. The third-order valence-corrected chi connectivity index (χ3v) is 8.22. The van der Waals surface area contributed by atoms with Gasteiger partial charge in [-0.25, -0.2) is 17.5 Å². The number of sulfonamides is 1. The van der Waals surface area contributed by atoms with E-state index in [2.05, 4.69) is 23.5 Å². The quantitative estimate of drug-likeness (QED) is 0.454. The predicted octanol–water partition coefficient (Wildman–Crippen LogP) is 4.22. The molecule has 198 valence electrons. The lowest BCUT2D eigenvalue weighted by Crippen LogP contribution is -2.50. The second-order valence-electron chi connectivity index (χ2n) is 9.17. The summed E-state index contributed by atoms with van der Waals surface area (Å²) in [7, 11) is -2.18. The molecule has 0 spiro atoms. The minimum absolute atomic E-state index is 0.0699. The maximum atomic E-state index is 13.1. The van der Waals surface area contributed by atoms with Crippen LogP contribution in [0.2, 0.25) is 0 Å². The van der Waals surface area contributed by atoms with Crippen LogP contribution in [-0.4, -0.2) is 59.1 Å². The van der Waals surface area contributed by atoms with Crippen LogP contribution in [0.25, 0.3) is 0 Å². The van der Waals surface area contributed by atoms with Crippen molar-refractivity contribution in [3.63, 3.8) is 0 Å². The van der Waals surface area contributed by atoms with Crippen LogP contribution in [0, 0.1) is 11.7 Å². The number of carbonyl (C=O) groups is 1. The third-order valence-electron chi connectivity index (χ3n) is 6.76. The maximum absolute atomic E-state index is 13.1. The highest BCUT2D eigenvalue weighted by Gasteiger charge is 2.28. The molecule has 1 amide bonds. The Kier molecular flexibility index (Phi) is 10.1. The smallest absolute Gasteiger partial charge is 0.240 e. The maximum Gasteiger partial charge on any atom is 0.240 e. The first kappa shape index (κ1) is 27.9. The molecule has 1 aliphatic rings. The molecule has 0 bridgehead atoms. The summed E-state index contributed by atoms with van der Waals surface area (Å²) >= 11 is 0. The molecule has 3 rings (SSSR count). The van der Waals surface area contributed by atoms with Crippen LogP contribution in [-0.2, 0) is 21.2 Å². The van der Waals surface area contributed by atoms with Gasteiger partial charge in [0.25, 0.3) is 0 Å². The number of unbranched alkanes of at least 4 members (excludes halogenated alkanes) is 1. The van der Waals surface area contributed by atoms with Gasteiger partial charge in [0.1, 0.15) is 11.6 Å². The molecule has 0 unspecified atom stereocenters. The molecule has 36 heavy (non-hydrogen) atoms. The van der Waals surface area contributed by atoms with Crippen LogP contribution in [0.15, 0.2) is 47.4 Å². The molecule has 9 heteroatoms. The van der Waals surface area contributed by atoms with E-state index in [-0.39, 0.29) is 29.1 Å². The van der Waals surface area contributed by atoms with E-state index in [1.54, 1.807) is 31.4 Å². The summed E-state index contributed by atoms with van der Waals surface area (Å²) in [4.78, 5) is 17.1. The SMILES string of the molecule is CCCC[C@H](CC)C(=O)N1CCN(c2cc(S(=O)(=O)NCCc3ccc(F)cc3)ccc2OC)CC1. The van der Waals surface area contributed by atoms with E-state index in [4.69, 9.17) is 4.74 Å². The highest BCUT2D eigenvalue weighted by Crippen LogP contribution is 2.32. The van der Waals surface area contributed by atoms with Crippen molar-refractivity contribution in [2.24, 2.45) is 5.92 Å². The largest absolute Gasteiger partial charge is 0.495 e. The average molecular weight is 520 g/mol. The lowest BCUT2D eigenvalue weighted by Gasteiger charge is -2.38. The van der Waals surface area contributed by atoms with Crippen LogP contribution in [0.3, 0.4) is 0 Å². The van der Waals surface area contributed by atoms with E-state index < -0.39 is 10.0 Å². The Bertz CT molecular complexity index is 1100. The number of halogens is 1. The molecule has 2 aromatic rings. The van der Waals surface area contributed by atoms with E-state index in [1.165, 1.54) is 18.2 Å². The number of benzene rings is 2. The molecule has 0 aromatic heterocycles. The van der Waals surface area contributed by atoms with E-state index in [0.29, 0.717) is 44.0 Å². The minimum atomic E-state index is -3.74. The first-order valence-electron chi connectivity index (χ1n) is 12.7. The number of methoxy groups -OCH3 is 1. The Hall–Kier alpha value is -2.65. The van der Waals surface area contributed by atoms with E-state index >= 15 is 0 Å². The van der Waals surface area contributed by atoms with Gasteiger partial charge in [0.05, 0.1) is 17.7 Å². The molecule has 1 saturated heterocycles. The average Bonchev–Trinajstić information content (AvgIpc) is 2.89. The van der Waals surface area contributed by atoms with Crippen LogP contribution in [0.1, 0.15) is 45.1 Å². The van der Waals surface area contributed by atoms with Crippen molar-refractivity contribution in [1.29, 1.82) is 0 Å². The van der Waals surface area contributed by atoms with Gasteiger partial charge < -0.3 is 14.5 Å². The highest BCUT2D eigenvalue weighted by atomic mass is 32.2. The fourth-order valence-electron chi connectivity index (χ4n) is 4.53. The van der Waals surface area contributed by atoms with Gasteiger partial charge in [-0.05, 0) is 55.2 Å². The normalized spacial score (nSPS) is 15.1. The summed E-state index contributed by atoms with van der Waals surface area (Å²) in [5.74, 6) is 0.561. The number of hydrogen-bond acceptors (Lipinski definition) is 5. The molecule has 1 fully saturated rings. The minimum Gasteiger partial charge on any atom is -0.495 e. The van der Waals surface area contributed by atoms with Crippen molar-refractivity contribution in [3.8, 4) is 5.75 Å². The predicted molar refractivity (Wildman–Crippen MR) is 140 cm³/mol. The molecule has 1 atom stereocenters. The molecule has 1 aliphatic heterocycles. The number of ether oxygens (including phenoxy) is 1. The number of nitrogens with one attached hydrogen (secondary N) is 1. The molecular weight excluding hydrogens is 481 g/mol. The van der Waals surface area contributed by atoms with Gasteiger partial charge >= 0.3 is 0 Å². The van der Waals surface area contributed by atoms with E-state index in [9.17, 15) is 17.6 Å². The number of nitrogens with zero attached hydrogens (tertiary/aromatic N) is 2. The Balaban J connectivity index is 1.65. The second kappa shape index (κ2) is 13.1. The molecule has 0 radical (unpaired) electrons. The van der Waals surface area contributed by atoms with Crippen LogP contribution in [0.5, 0.6) is 5.75 Å². The number of amides is 1. The monoisotopic (exact) mass is 519 g/mol. The second-order valence-corrected chi connectivity index (χ2v) is 10.9. The molecular formula is C27H38FN3O4S. The Morgan fingerprint density at radius 1 is 1.08 bits per heavy atom. The first-order chi connectivity index (χ1) is 17.3. The van der Waals surface area contributed by atoms with E-state index in [1.807, 2.05) is 4.90 Å². The van der Waals surface area contributed by atoms with Crippen molar-refractivity contribution < 1.29 is 22.3 Å². The Morgan fingerprint density at radius 3 is 2.39 bits per heavy atom. The number of rotatable bonds is 12. The lowest BCUT2D eigenvalue weighted by molar-refractivity contribution is -0.136. The van der Waals surface area contributed by atoms with Gasteiger partial charge in [0, 0.05) is 38.6 Å². The van der Waals surface area contributed by atoms with Crippen molar-refractivity contribution >= 4 is 21.6 Å². The van der Waals surface area contributed by atoms with Crippen molar-refractivity contribution in [2.45, 2.75) is 50.8 Å². The van der Waals surface area contributed by atoms with Crippen LogP contribution in [0.4, 0.5) is 10.1 Å². The fraction of sp³-hybridized carbons (Fsp3) is 0.519. The summed E-state index contributed by atoms with van der Waals surface area (Å²) in [5.41, 5.74) is 1.55. The van der Waals surface area contributed by atoms with E-state index in [0.717, 1.165) is 31.2 Å². The molecule has 1 N–H and O–H groups in total. The summed E-state index contributed by atoms with van der Waals surface area (Å²) in [5, 5.41) is 0. The first-order valence-corrected chi connectivity index (χ1v) is 14.2. The van der Waals surface area contributed by atoms with Gasteiger partial charge in [-0.2, -0.15) is 0 Å². The molecule has 1 heterocycles. The van der Waals surface area contributed by atoms with Gasteiger partial charge in [-0.15, -0.1) is 0 Å². The number of carbonyl (C=O) groups excluding carboxylic acids is 1. The standard InChI is InChI=1S/C27H38FN3O4S/c1-4-6-7-22(5-2)27(32)31-18-16-30(17-19-31)25-20-24(12-13-26(25)35-3)36(33,34)29-15-14-21-8-10-23(28)11-9-21/h8-13,20,22,29H,4-7,14-19H2,1-3H3/t22-/m0/s1. The summed E-state index contributed by atoms with van der Waals surface area (Å²) in [6, 6.07) is 10.8. The van der Waals surface area contributed by atoms with Crippen LogP contribution >= 0.6 is 0 Å². The Morgan fingerprint density at radius 2 is 1.78 bits per heavy atom. The summed E-state index contributed by atoms with van der Waals surface area (Å²) in [6.45, 7) is 6.81. The molecule has 2 aromatic carbocycles. The van der Waals surface area contributed by atoms with Crippen molar-refractivity contribution in [3.05, 3.63) is 53.8 Å². The van der Waals surface area contributed by atoms with Crippen LogP contribution < -0.4 is 14.4 Å². The summed E-state index contributed by atoms with van der Waals surface area (Å²) in [6.07, 6.45) is 4.36. The molecule has 0 saturated carbocycles. The van der Waals surface area contributed by atoms with Crippen molar-refractivity contribution in [2.75, 3.05) is 44.7 Å².